The van der Waals surface area contributed by atoms with Crippen molar-refractivity contribution < 1.29 is 9.90 Å². The van der Waals surface area contributed by atoms with Crippen LogP contribution in [0.2, 0.25) is 0 Å². The molecule has 184 valence electrons. The van der Waals surface area contributed by atoms with Crippen LogP contribution in [0.3, 0.4) is 0 Å². The van der Waals surface area contributed by atoms with Crippen molar-refractivity contribution in [3.63, 3.8) is 0 Å². The quantitative estimate of drug-likeness (QED) is 0.340. The van der Waals surface area contributed by atoms with Gasteiger partial charge in [-0.15, -0.1) is 0 Å². The molecule has 10 nitrogen and oxygen atoms in total. The van der Waals surface area contributed by atoms with Gasteiger partial charge >= 0.3 is 0 Å². The average Bonchev–Trinajstić information content (AvgIpc) is 3.36. The maximum atomic E-state index is 13.2. The summed E-state index contributed by atoms with van der Waals surface area (Å²) >= 11 is 0. The van der Waals surface area contributed by atoms with E-state index < -0.39 is 5.60 Å². The normalized spacial score (nSPS) is 11.9. The lowest BCUT2D eigenvalue weighted by Crippen LogP contribution is -2.27. The van der Waals surface area contributed by atoms with Crippen LogP contribution in [0.25, 0.3) is 22.3 Å². The van der Waals surface area contributed by atoms with E-state index in [1.807, 2.05) is 50.1 Å². The van der Waals surface area contributed by atoms with Crippen LogP contribution in [0, 0.1) is 0 Å². The molecular weight excluding hydrogens is 444 g/mol. The summed E-state index contributed by atoms with van der Waals surface area (Å²) in [7, 11) is 5.89. The second kappa shape index (κ2) is 9.85. The van der Waals surface area contributed by atoms with E-state index >= 15 is 0 Å². The first-order valence-electron chi connectivity index (χ1n) is 11.5. The fourth-order valence-corrected chi connectivity index (χ4v) is 3.76. The number of nitrogens with one attached hydrogen (secondary N) is 2. The maximum absolute atomic E-state index is 13.2. The van der Waals surface area contributed by atoms with Gasteiger partial charge in [0.1, 0.15) is 0 Å². The zero-order valence-corrected chi connectivity index (χ0v) is 20.8. The van der Waals surface area contributed by atoms with Crippen molar-refractivity contribution in [3.05, 3.63) is 54.5 Å². The predicted octanol–water partition coefficient (Wildman–Crippen LogP) is 2.83. The minimum atomic E-state index is -1.00. The number of aromatic nitrogens is 5. The Bertz CT molecular complexity index is 1330. The molecule has 0 aliphatic rings. The predicted molar refractivity (Wildman–Crippen MR) is 137 cm³/mol. The van der Waals surface area contributed by atoms with Gasteiger partial charge in [0, 0.05) is 49.3 Å². The largest absolute Gasteiger partial charge is 0.389 e. The number of imidazole rings is 1. The lowest BCUT2D eigenvalue weighted by Gasteiger charge is -2.20. The van der Waals surface area contributed by atoms with Gasteiger partial charge in [0.15, 0.2) is 0 Å². The first-order valence-corrected chi connectivity index (χ1v) is 11.5. The number of nitrogens with zero attached hydrogens (tertiary/aromatic N) is 6. The van der Waals surface area contributed by atoms with Crippen LogP contribution in [0.5, 0.6) is 0 Å². The SMILES string of the molecule is CN(C)CCNc1ccc2c(c1)nc(NC(=O)c1ccnc(-c3cnn(C)c3)c1)n2CC(C)(C)O. The number of amides is 1. The lowest BCUT2D eigenvalue weighted by atomic mass is 10.1. The van der Waals surface area contributed by atoms with E-state index in [-0.39, 0.29) is 12.5 Å². The van der Waals surface area contributed by atoms with E-state index in [1.54, 1.807) is 43.1 Å². The fourth-order valence-electron chi connectivity index (χ4n) is 3.76. The van der Waals surface area contributed by atoms with Gasteiger partial charge in [-0.05, 0) is 58.3 Å². The standard InChI is InChI=1S/C25H32N8O2/c1-25(2,35)16-33-22-7-6-19(26-10-11-31(3)4)13-21(22)29-24(33)30-23(34)17-8-9-27-20(12-17)18-14-28-32(5)15-18/h6-9,12-15,26,35H,10-11,16H2,1-5H3,(H,29,30,34). The number of pyridine rings is 1. The molecule has 1 amide bonds. The van der Waals surface area contributed by atoms with E-state index in [9.17, 15) is 9.90 Å². The van der Waals surface area contributed by atoms with Gasteiger partial charge in [-0.3, -0.25) is 19.8 Å². The van der Waals surface area contributed by atoms with Gasteiger partial charge < -0.3 is 19.9 Å². The van der Waals surface area contributed by atoms with E-state index in [0.717, 1.165) is 35.4 Å². The number of fused-ring (bicyclic) bond motifs is 1. The highest BCUT2D eigenvalue weighted by molar-refractivity contribution is 6.04. The lowest BCUT2D eigenvalue weighted by molar-refractivity contribution is 0.0630. The number of aliphatic hydroxyl groups is 1. The summed E-state index contributed by atoms with van der Waals surface area (Å²) in [6.45, 7) is 5.42. The molecule has 0 spiro atoms. The Morgan fingerprint density at radius 3 is 2.69 bits per heavy atom. The molecule has 0 radical (unpaired) electrons. The van der Waals surface area contributed by atoms with E-state index in [2.05, 4.69) is 25.6 Å². The van der Waals surface area contributed by atoms with Gasteiger partial charge in [-0.25, -0.2) is 4.98 Å². The molecule has 4 rings (SSSR count). The monoisotopic (exact) mass is 476 g/mol. The molecule has 0 unspecified atom stereocenters. The Kier molecular flexibility index (Phi) is 6.86. The average molecular weight is 477 g/mol. The van der Waals surface area contributed by atoms with Crippen LogP contribution in [0.1, 0.15) is 24.2 Å². The van der Waals surface area contributed by atoms with Crippen molar-refractivity contribution in [1.29, 1.82) is 0 Å². The number of carbonyl (C=O) groups is 1. The van der Waals surface area contributed by atoms with Gasteiger partial charge in [0.2, 0.25) is 5.95 Å². The summed E-state index contributed by atoms with van der Waals surface area (Å²) in [6, 6.07) is 9.27. The molecule has 0 bridgehead atoms. The van der Waals surface area contributed by atoms with Crippen molar-refractivity contribution in [1.82, 2.24) is 29.2 Å². The molecule has 3 heterocycles. The van der Waals surface area contributed by atoms with Crippen LogP contribution >= 0.6 is 0 Å². The van der Waals surface area contributed by atoms with Crippen LogP contribution in [-0.2, 0) is 13.6 Å². The highest BCUT2D eigenvalue weighted by Gasteiger charge is 2.21. The molecule has 0 saturated heterocycles. The Balaban J connectivity index is 1.63. The summed E-state index contributed by atoms with van der Waals surface area (Å²) in [4.78, 5) is 24.3. The molecule has 0 aliphatic carbocycles. The number of hydrogen-bond acceptors (Lipinski definition) is 7. The Morgan fingerprint density at radius 1 is 1.20 bits per heavy atom. The molecule has 4 aromatic rings. The van der Waals surface area contributed by atoms with Gasteiger partial charge in [0.25, 0.3) is 5.91 Å². The van der Waals surface area contributed by atoms with Gasteiger partial charge in [-0.2, -0.15) is 5.10 Å². The van der Waals surface area contributed by atoms with E-state index in [1.165, 1.54) is 0 Å². The van der Waals surface area contributed by atoms with Crippen LogP contribution in [0.15, 0.2) is 48.9 Å². The Hall–Kier alpha value is -3.76. The second-order valence-corrected chi connectivity index (χ2v) is 9.55. The number of hydrogen-bond donors (Lipinski definition) is 3. The zero-order chi connectivity index (χ0) is 25.2. The Labute approximate surface area is 204 Å². The van der Waals surface area contributed by atoms with Gasteiger partial charge in [-0.1, -0.05) is 0 Å². The van der Waals surface area contributed by atoms with Crippen molar-refractivity contribution >= 4 is 28.6 Å². The van der Waals surface area contributed by atoms with Crippen molar-refractivity contribution in [2.24, 2.45) is 7.05 Å². The minimum absolute atomic E-state index is 0.268. The third-order valence-corrected chi connectivity index (χ3v) is 5.43. The molecule has 10 heteroatoms. The van der Waals surface area contributed by atoms with Crippen LogP contribution in [-0.4, -0.2) is 73.0 Å². The zero-order valence-electron chi connectivity index (χ0n) is 20.8. The number of benzene rings is 1. The Morgan fingerprint density at radius 2 is 2.00 bits per heavy atom. The summed E-state index contributed by atoms with van der Waals surface area (Å²) in [5.41, 5.74) is 3.43. The molecule has 0 aliphatic heterocycles. The maximum Gasteiger partial charge on any atom is 0.258 e. The molecule has 3 N–H and O–H groups in total. The topological polar surface area (TPSA) is 113 Å². The smallest absolute Gasteiger partial charge is 0.258 e. The molecule has 1 aromatic carbocycles. The molecule has 3 aromatic heterocycles. The fraction of sp³-hybridized carbons (Fsp3) is 0.360. The molecular formula is C25H32N8O2. The third-order valence-electron chi connectivity index (χ3n) is 5.43. The molecule has 0 atom stereocenters. The second-order valence-electron chi connectivity index (χ2n) is 9.55. The minimum Gasteiger partial charge on any atom is -0.389 e. The summed E-state index contributed by atoms with van der Waals surface area (Å²) < 4.78 is 3.52. The number of rotatable bonds is 9. The number of aryl methyl sites for hydroxylation is 1. The number of carbonyl (C=O) groups excluding carboxylic acids is 1. The third kappa shape index (κ3) is 6.03. The van der Waals surface area contributed by atoms with Crippen molar-refractivity contribution in [2.45, 2.75) is 26.0 Å². The van der Waals surface area contributed by atoms with E-state index in [0.29, 0.717) is 17.2 Å². The first kappa shape index (κ1) is 24.4. The van der Waals surface area contributed by atoms with Crippen molar-refractivity contribution in [3.8, 4) is 11.3 Å². The molecule has 0 saturated carbocycles. The van der Waals surface area contributed by atoms with E-state index in [4.69, 9.17) is 4.98 Å². The highest BCUT2D eigenvalue weighted by atomic mass is 16.3. The van der Waals surface area contributed by atoms with Crippen molar-refractivity contribution in [2.75, 3.05) is 37.8 Å². The van der Waals surface area contributed by atoms with Crippen LogP contribution in [0.4, 0.5) is 11.6 Å². The molecule has 0 fully saturated rings. The highest BCUT2D eigenvalue weighted by Crippen LogP contribution is 2.26. The number of likely N-dealkylation sites (N-methyl/N-ethyl adjacent to an activating group) is 1. The molecule has 35 heavy (non-hydrogen) atoms. The number of anilines is 2. The first-order chi connectivity index (χ1) is 16.6. The van der Waals surface area contributed by atoms with Gasteiger partial charge in [0.05, 0.1) is 35.1 Å². The summed E-state index contributed by atoms with van der Waals surface area (Å²) in [5.74, 6) is 0.0616. The summed E-state index contributed by atoms with van der Waals surface area (Å²) in [6.07, 6.45) is 5.15. The van der Waals surface area contributed by atoms with Crippen LogP contribution < -0.4 is 10.6 Å². The summed E-state index contributed by atoms with van der Waals surface area (Å²) in [5, 5.41) is 21.0.